The third kappa shape index (κ3) is 0.940. The Labute approximate surface area is 61.5 Å². The fourth-order valence-electron chi connectivity index (χ4n) is 0.517. The van der Waals surface area contributed by atoms with Crippen LogP contribution in [0.25, 0.3) is 0 Å². The Morgan fingerprint density at radius 2 is 2.38 bits per heavy atom. The molecular weight excluding hydrogens is 215 g/mol. The van der Waals surface area contributed by atoms with E-state index in [9.17, 15) is 0 Å². The van der Waals surface area contributed by atoms with E-state index >= 15 is 0 Å². The number of hydrogen-bond donors (Lipinski definition) is 1. The predicted molar refractivity (Wildman–Crippen MR) is 42.0 cm³/mol. The Hall–Kier alpha value is -0.250. The molecule has 1 N–H and O–H groups in total. The minimum atomic E-state index is 0.894. The lowest BCUT2D eigenvalue weighted by Gasteiger charge is -1.87. The summed E-state index contributed by atoms with van der Waals surface area (Å²) in [6.45, 7) is 0. The lowest BCUT2D eigenvalue weighted by molar-refractivity contribution is 0.471. The van der Waals surface area contributed by atoms with Gasteiger partial charge in [0.05, 0.1) is 6.26 Å². The fraction of sp³-hybridized carbons (Fsp3) is 0. The lowest BCUT2D eigenvalue weighted by atomic mass is 10.3. The van der Waals surface area contributed by atoms with Crippen molar-refractivity contribution in [2.24, 2.45) is 0 Å². The highest BCUT2D eigenvalue weighted by molar-refractivity contribution is 14.1. The van der Waals surface area contributed by atoms with Crippen LogP contribution in [0, 0.1) is 0 Å². The average Bonchev–Trinajstić information content (AvgIpc) is 2.14. The van der Waals surface area contributed by atoms with Gasteiger partial charge in [0.2, 0.25) is 0 Å². The zero-order valence-corrected chi connectivity index (χ0v) is 6.29. The molecule has 0 fully saturated rings. The largest absolute Gasteiger partial charge is 0.515 e. The van der Waals surface area contributed by atoms with Gasteiger partial charge in [-0.05, 0) is 28.7 Å². The van der Waals surface area contributed by atoms with Crippen LogP contribution in [0.5, 0.6) is 0 Å². The molecular formula is C6H5IO. The van der Waals surface area contributed by atoms with Crippen molar-refractivity contribution in [2.75, 3.05) is 0 Å². The van der Waals surface area contributed by atoms with Crippen molar-refractivity contribution >= 4 is 22.6 Å². The van der Waals surface area contributed by atoms with Crippen molar-refractivity contribution in [2.45, 2.75) is 0 Å². The molecule has 1 aliphatic rings. The van der Waals surface area contributed by atoms with Gasteiger partial charge in [0.1, 0.15) is 0 Å². The number of allylic oxidation sites excluding steroid dienone is 5. The number of hydrogen-bond acceptors (Lipinski definition) is 1. The van der Waals surface area contributed by atoms with Gasteiger partial charge in [-0.15, -0.1) is 0 Å². The molecule has 0 saturated carbocycles. The first-order chi connectivity index (χ1) is 3.84. The molecule has 0 heterocycles. The maximum atomic E-state index is 8.48. The highest BCUT2D eigenvalue weighted by Gasteiger charge is 1.99. The van der Waals surface area contributed by atoms with E-state index < -0.39 is 0 Å². The Morgan fingerprint density at radius 3 is 2.62 bits per heavy atom. The highest BCUT2D eigenvalue weighted by atomic mass is 127. The van der Waals surface area contributed by atoms with Gasteiger partial charge in [0, 0.05) is 9.15 Å². The Morgan fingerprint density at radius 1 is 1.62 bits per heavy atom. The molecule has 0 atom stereocenters. The van der Waals surface area contributed by atoms with Gasteiger partial charge in [-0.1, -0.05) is 12.2 Å². The zero-order valence-electron chi connectivity index (χ0n) is 4.13. The van der Waals surface area contributed by atoms with E-state index in [-0.39, 0.29) is 0 Å². The summed E-state index contributed by atoms with van der Waals surface area (Å²) in [6, 6.07) is 0. The summed E-state index contributed by atoms with van der Waals surface area (Å²) in [5.41, 5.74) is 0.894. The van der Waals surface area contributed by atoms with Gasteiger partial charge in [0.15, 0.2) is 0 Å². The maximum Gasteiger partial charge on any atom is 0.0874 e. The molecule has 1 nitrogen and oxygen atoms in total. The molecule has 0 aromatic rings. The number of aliphatic hydroxyl groups excluding tert-OH is 1. The Kier molecular flexibility index (Phi) is 1.73. The molecule has 0 saturated heterocycles. The van der Waals surface area contributed by atoms with Crippen LogP contribution in [0.15, 0.2) is 33.6 Å². The number of halogens is 1. The van der Waals surface area contributed by atoms with Crippen LogP contribution in [0.4, 0.5) is 0 Å². The maximum absolute atomic E-state index is 8.48. The summed E-state index contributed by atoms with van der Waals surface area (Å²) in [5, 5.41) is 8.48. The van der Waals surface area contributed by atoms with E-state index in [1.165, 1.54) is 0 Å². The molecule has 0 spiro atoms. The van der Waals surface area contributed by atoms with Crippen LogP contribution in [-0.2, 0) is 0 Å². The van der Waals surface area contributed by atoms with E-state index in [4.69, 9.17) is 5.11 Å². The van der Waals surface area contributed by atoms with Crippen LogP contribution in [0.2, 0.25) is 0 Å². The molecule has 0 bridgehead atoms. The van der Waals surface area contributed by atoms with E-state index in [2.05, 4.69) is 22.6 Å². The van der Waals surface area contributed by atoms with Gasteiger partial charge in [0.25, 0.3) is 0 Å². The minimum Gasteiger partial charge on any atom is -0.515 e. The van der Waals surface area contributed by atoms with Crippen molar-refractivity contribution in [3.63, 3.8) is 0 Å². The normalized spacial score (nSPS) is 22.1. The van der Waals surface area contributed by atoms with Crippen molar-refractivity contribution in [1.29, 1.82) is 0 Å². The molecule has 1 rings (SSSR count). The molecule has 1 aliphatic carbocycles. The first kappa shape index (κ1) is 5.88. The molecule has 0 aromatic carbocycles. The van der Waals surface area contributed by atoms with Crippen LogP contribution in [0.3, 0.4) is 0 Å². The molecule has 42 valence electrons. The third-order valence-electron chi connectivity index (χ3n) is 0.933. The summed E-state index contributed by atoms with van der Waals surface area (Å²) in [4.78, 5) is 0. The number of rotatable bonds is 0. The highest BCUT2D eigenvalue weighted by Crippen LogP contribution is 2.23. The molecule has 0 unspecified atom stereocenters. The first-order valence-electron chi connectivity index (χ1n) is 2.23. The topological polar surface area (TPSA) is 20.2 Å². The number of aliphatic hydroxyl groups is 1. The van der Waals surface area contributed by atoms with Crippen LogP contribution in [-0.4, -0.2) is 5.11 Å². The zero-order chi connectivity index (χ0) is 5.98. The smallest absolute Gasteiger partial charge is 0.0874 e. The lowest BCUT2D eigenvalue weighted by Crippen LogP contribution is -1.68. The first-order valence-corrected chi connectivity index (χ1v) is 3.31. The molecule has 0 aromatic heterocycles. The minimum absolute atomic E-state index is 0.894. The fourth-order valence-corrected chi connectivity index (χ4v) is 1.04. The van der Waals surface area contributed by atoms with Gasteiger partial charge >= 0.3 is 0 Å². The Bertz CT molecular complexity index is 177. The predicted octanol–water partition coefficient (Wildman–Crippen LogP) is 2.32. The SMILES string of the molecule is O/C=C1\C=CC=C1I. The van der Waals surface area contributed by atoms with Gasteiger partial charge in [-0.25, -0.2) is 0 Å². The van der Waals surface area contributed by atoms with Gasteiger partial charge in [-0.3, -0.25) is 0 Å². The van der Waals surface area contributed by atoms with Crippen LogP contribution >= 0.6 is 22.6 Å². The molecule has 2 heteroatoms. The van der Waals surface area contributed by atoms with Crippen molar-refractivity contribution in [3.05, 3.63) is 33.6 Å². The monoisotopic (exact) mass is 220 g/mol. The van der Waals surface area contributed by atoms with E-state index in [0.717, 1.165) is 15.4 Å². The summed E-state index contributed by atoms with van der Waals surface area (Å²) in [5.74, 6) is 0. The second-order valence-electron chi connectivity index (χ2n) is 1.46. The van der Waals surface area contributed by atoms with Gasteiger partial charge < -0.3 is 5.11 Å². The standard InChI is InChI=1S/C6H5IO/c7-6-3-1-2-5(6)4-8/h1-4,8H/b5-4+. The van der Waals surface area contributed by atoms with Crippen molar-refractivity contribution in [3.8, 4) is 0 Å². The molecule has 0 radical (unpaired) electrons. The third-order valence-corrected chi connectivity index (χ3v) is 1.92. The van der Waals surface area contributed by atoms with E-state index in [1.807, 2.05) is 18.2 Å². The second-order valence-corrected chi connectivity index (χ2v) is 2.62. The molecule has 8 heavy (non-hydrogen) atoms. The molecule has 0 aliphatic heterocycles. The van der Waals surface area contributed by atoms with Crippen molar-refractivity contribution in [1.82, 2.24) is 0 Å². The van der Waals surface area contributed by atoms with Crippen LogP contribution in [0.1, 0.15) is 0 Å². The second kappa shape index (κ2) is 2.35. The Balaban J connectivity index is 2.88. The summed E-state index contributed by atoms with van der Waals surface area (Å²) < 4.78 is 1.09. The van der Waals surface area contributed by atoms with Crippen molar-refractivity contribution < 1.29 is 5.11 Å². The summed E-state index contributed by atoms with van der Waals surface area (Å²) >= 11 is 2.16. The average molecular weight is 220 g/mol. The van der Waals surface area contributed by atoms with Crippen LogP contribution < -0.4 is 0 Å². The van der Waals surface area contributed by atoms with E-state index in [1.54, 1.807) is 0 Å². The van der Waals surface area contributed by atoms with Gasteiger partial charge in [-0.2, -0.15) is 0 Å². The quantitative estimate of drug-likeness (QED) is 0.490. The summed E-state index contributed by atoms with van der Waals surface area (Å²) in [7, 11) is 0. The molecule has 0 amide bonds. The van der Waals surface area contributed by atoms with E-state index in [0.29, 0.717) is 0 Å². The summed E-state index contributed by atoms with van der Waals surface area (Å²) in [6.07, 6.45) is 6.83.